The Kier molecular flexibility index (Phi) is 5.82. The number of piperidine rings is 1. The quantitative estimate of drug-likeness (QED) is 0.752. The van der Waals surface area contributed by atoms with Gasteiger partial charge in [0.2, 0.25) is 11.8 Å². The van der Waals surface area contributed by atoms with Gasteiger partial charge in [-0.1, -0.05) is 35.5 Å². The molecule has 2 aliphatic heterocycles. The zero-order valence-corrected chi connectivity index (χ0v) is 15.8. The smallest absolute Gasteiger partial charge is 0.240 e. The van der Waals surface area contributed by atoms with Gasteiger partial charge in [0.1, 0.15) is 0 Å². The molecule has 0 aliphatic carbocycles. The highest BCUT2D eigenvalue weighted by atomic mass is 16.5. The van der Waals surface area contributed by atoms with Gasteiger partial charge in [-0.2, -0.15) is 4.98 Å². The van der Waals surface area contributed by atoms with Gasteiger partial charge >= 0.3 is 0 Å². The zero-order chi connectivity index (χ0) is 18.5. The summed E-state index contributed by atoms with van der Waals surface area (Å²) in [6.45, 7) is 4.76. The molecule has 0 N–H and O–H groups in total. The first kappa shape index (κ1) is 18.2. The van der Waals surface area contributed by atoms with Crippen LogP contribution in [0.2, 0.25) is 0 Å². The van der Waals surface area contributed by atoms with Crippen molar-refractivity contribution in [2.75, 3.05) is 26.2 Å². The fourth-order valence-corrected chi connectivity index (χ4v) is 4.11. The predicted molar refractivity (Wildman–Crippen MR) is 102 cm³/mol. The van der Waals surface area contributed by atoms with Crippen LogP contribution in [-0.2, 0) is 17.8 Å². The molecule has 6 heteroatoms. The molecule has 2 fully saturated rings. The van der Waals surface area contributed by atoms with Crippen molar-refractivity contribution in [2.45, 2.75) is 45.1 Å². The molecule has 0 unspecified atom stereocenters. The number of carbonyl (C=O) groups is 1. The lowest BCUT2D eigenvalue weighted by Gasteiger charge is -2.31. The molecule has 0 atom stereocenters. The Morgan fingerprint density at radius 1 is 1.11 bits per heavy atom. The van der Waals surface area contributed by atoms with Crippen molar-refractivity contribution in [3.05, 3.63) is 47.6 Å². The highest BCUT2D eigenvalue weighted by molar-refractivity contribution is 5.77. The molecular formula is C21H28N4O2. The summed E-state index contributed by atoms with van der Waals surface area (Å²) in [7, 11) is 0. The molecule has 1 amide bonds. The van der Waals surface area contributed by atoms with Crippen LogP contribution in [0.3, 0.4) is 0 Å². The summed E-state index contributed by atoms with van der Waals surface area (Å²) in [6, 6.07) is 10.2. The van der Waals surface area contributed by atoms with Crippen LogP contribution < -0.4 is 0 Å². The van der Waals surface area contributed by atoms with Gasteiger partial charge < -0.3 is 9.42 Å². The molecule has 0 bridgehead atoms. The van der Waals surface area contributed by atoms with Crippen LogP contribution in [0.25, 0.3) is 0 Å². The third-order valence-electron chi connectivity index (χ3n) is 5.76. The molecule has 144 valence electrons. The van der Waals surface area contributed by atoms with Gasteiger partial charge in [-0.25, -0.2) is 0 Å². The molecule has 27 heavy (non-hydrogen) atoms. The van der Waals surface area contributed by atoms with Crippen LogP contribution in [0.1, 0.15) is 49.4 Å². The van der Waals surface area contributed by atoms with E-state index in [2.05, 4.69) is 27.2 Å². The second-order valence-corrected chi connectivity index (χ2v) is 7.76. The number of aromatic nitrogens is 2. The van der Waals surface area contributed by atoms with E-state index in [1.165, 1.54) is 18.4 Å². The van der Waals surface area contributed by atoms with E-state index < -0.39 is 0 Å². The molecule has 3 heterocycles. The summed E-state index contributed by atoms with van der Waals surface area (Å²) in [6.07, 6.45) is 6.01. The van der Waals surface area contributed by atoms with Gasteiger partial charge in [0.05, 0.1) is 6.54 Å². The normalized spacial score (nSPS) is 19.1. The van der Waals surface area contributed by atoms with Crippen LogP contribution in [0.4, 0.5) is 0 Å². The Labute approximate surface area is 160 Å². The largest absolute Gasteiger partial charge is 0.343 e. The maximum atomic E-state index is 11.7. The fraction of sp³-hybridized carbons (Fsp3) is 0.571. The first-order valence-electron chi connectivity index (χ1n) is 10.1. The van der Waals surface area contributed by atoms with Gasteiger partial charge in [0.25, 0.3) is 0 Å². The number of likely N-dealkylation sites (tertiary alicyclic amines) is 2. The molecule has 2 saturated heterocycles. The average molecular weight is 368 g/mol. The van der Waals surface area contributed by atoms with E-state index in [1.54, 1.807) is 0 Å². The van der Waals surface area contributed by atoms with E-state index >= 15 is 0 Å². The van der Waals surface area contributed by atoms with E-state index in [0.29, 0.717) is 18.2 Å². The van der Waals surface area contributed by atoms with Gasteiger partial charge in [0, 0.05) is 25.9 Å². The van der Waals surface area contributed by atoms with E-state index in [0.717, 1.165) is 63.7 Å². The SMILES string of the molecule is O=C1CCCN1CCC1CCN(Cc2nc(Cc3ccccc3)no2)CC1. The second-order valence-electron chi connectivity index (χ2n) is 7.76. The Balaban J connectivity index is 1.20. The maximum absolute atomic E-state index is 11.7. The predicted octanol–water partition coefficient (Wildman–Crippen LogP) is 2.88. The third kappa shape index (κ3) is 4.95. The third-order valence-corrected chi connectivity index (χ3v) is 5.76. The van der Waals surface area contributed by atoms with Crippen molar-refractivity contribution in [3.8, 4) is 0 Å². The Morgan fingerprint density at radius 2 is 1.93 bits per heavy atom. The van der Waals surface area contributed by atoms with Crippen LogP contribution in [0.5, 0.6) is 0 Å². The monoisotopic (exact) mass is 368 g/mol. The van der Waals surface area contributed by atoms with Crippen molar-refractivity contribution in [2.24, 2.45) is 5.92 Å². The molecular weight excluding hydrogens is 340 g/mol. The first-order valence-corrected chi connectivity index (χ1v) is 10.1. The van der Waals surface area contributed by atoms with Crippen LogP contribution >= 0.6 is 0 Å². The molecule has 0 spiro atoms. The average Bonchev–Trinajstić information content (AvgIpc) is 3.31. The topological polar surface area (TPSA) is 62.5 Å². The number of hydrogen-bond donors (Lipinski definition) is 0. The van der Waals surface area contributed by atoms with E-state index in [4.69, 9.17) is 4.52 Å². The minimum absolute atomic E-state index is 0.343. The Hall–Kier alpha value is -2.21. The Morgan fingerprint density at radius 3 is 2.67 bits per heavy atom. The number of amides is 1. The van der Waals surface area contributed by atoms with Crippen molar-refractivity contribution in [3.63, 3.8) is 0 Å². The van der Waals surface area contributed by atoms with Crippen molar-refractivity contribution < 1.29 is 9.32 Å². The Bertz CT molecular complexity index is 738. The van der Waals surface area contributed by atoms with Gasteiger partial charge in [0.15, 0.2) is 5.82 Å². The maximum Gasteiger partial charge on any atom is 0.240 e. The van der Waals surface area contributed by atoms with Crippen molar-refractivity contribution >= 4 is 5.91 Å². The summed E-state index contributed by atoms with van der Waals surface area (Å²) >= 11 is 0. The summed E-state index contributed by atoms with van der Waals surface area (Å²) in [5, 5.41) is 4.12. The van der Waals surface area contributed by atoms with E-state index in [9.17, 15) is 4.79 Å². The summed E-state index contributed by atoms with van der Waals surface area (Å²) in [5.74, 6) is 2.53. The van der Waals surface area contributed by atoms with Crippen LogP contribution in [0, 0.1) is 5.92 Å². The lowest BCUT2D eigenvalue weighted by molar-refractivity contribution is -0.127. The first-order chi connectivity index (χ1) is 13.3. The molecule has 4 rings (SSSR count). The zero-order valence-electron chi connectivity index (χ0n) is 15.8. The standard InChI is InChI=1S/C21H28N4O2/c26-21-7-4-11-25(21)14-10-17-8-12-24(13-9-17)16-20-22-19(23-27-20)15-18-5-2-1-3-6-18/h1-3,5-6,17H,4,7-16H2. The molecule has 0 radical (unpaired) electrons. The van der Waals surface area contributed by atoms with E-state index in [1.807, 2.05) is 23.1 Å². The van der Waals surface area contributed by atoms with Crippen LogP contribution in [-0.4, -0.2) is 52.0 Å². The molecule has 2 aromatic rings. The van der Waals surface area contributed by atoms with Gasteiger partial charge in [-0.3, -0.25) is 9.69 Å². The van der Waals surface area contributed by atoms with Crippen molar-refractivity contribution in [1.82, 2.24) is 19.9 Å². The second kappa shape index (κ2) is 8.65. The lowest BCUT2D eigenvalue weighted by Crippen LogP contribution is -2.35. The number of hydrogen-bond acceptors (Lipinski definition) is 5. The number of carbonyl (C=O) groups excluding carboxylic acids is 1. The fourth-order valence-electron chi connectivity index (χ4n) is 4.11. The highest BCUT2D eigenvalue weighted by Crippen LogP contribution is 2.23. The number of benzene rings is 1. The van der Waals surface area contributed by atoms with Crippen LogP contribution in [0.15, 0.2) is 34.9 Å². The molecule has 2 aliphatic rings. The molecule has 1 aromatic heterocycles. The summed E-state index contributed by atoms with van der Waals surface area (Å²) < 4.78 is 5.45. The van der Waals surface area contributed by atoms with Crippen molar-refractivity contribution in [1.29, 1.82) is 0 Å². The van der Waals surface area contributed by atoms with Gasteiger partial charge in [-0.15, -0.1) is 0 Å². The van der Waals surface area contributed by atoms with E-state index in [-0.39, 0.29) is 0 Å². The number of nitrogens with zero attached hydrogens (tertiary/aromatic N) is 4. The summed E-state index contributed by atoms with van der Waals surface area (Å²) in [4.78, 5) is 20.7. The highest BCUT2D eigenvalue weighted by Gasteiger charge is 2.24. The molecule has 0 saturated carbocycles. The summed E-state index contributed by atoms with van der Waals surface area (Å²) in [5.41, 5.74) is 1.20. The lowest BCUT2D eigenvalue weighted by atomic mass is 9.93. The minimum atomic E-state index is 0.343. The van der Waals surface area contributed by atoms with Gasteiger partial charge in [-0.05, 0) is 50.3 Å². The molecule has 1 aromatic carbocycles. The molecule has 6 nitrogen and oxygen atoms in total. The minimum Gasteiger partial charge on any atom is -0.343 e. The number of rotatable bonds is 7.